The van der Waals surface area contributed by atoms with Gasteiger partial charge in [-0.05, 0) is 19.9 Å². The normalized spacial score (nSPS) is 23.2. The lowest BCUT2D eigenvalue weighted by Crippen LogP contribution is -2.48. The highest BCUT2D eigenvalue weighted by Crippen LogP contribution is 2.07. The number of hydrogen-bond acceptors (Lipinski definition) is 3. The molecule has 4 heteroatoms. The summed E-state index contributed by atoms with van der Waals surface area (Å²) in [4.78, 5) is 2.49. The Kier molecular flexibility index (Phi) is 3.38. The second kappa shape index (κ2) is 4.77. The van der Waals surface area contributed by atoms with Gasteiger partial charge in [0.25, 0.3) is 0 Å². The molecule has 1 aliphatic rings. The zero-order valence-corrected chi connectivity index (χ0v) is 9.61. The Balaban J connectivity index is 1.96. The monoisotopic (exact) mass is 208 g/mol. The molecule has 1 unspecified atom stereocenters. The number of aromatic nitrogens is 2. The van der Waals surface area contributed by atoms with E-state index in [0.29, 0.717) is 6.04 Å². The Bertz CT molecular complexity index is 307. The van der Waals surface area contributed by atoms with Crippen molar-refractivity contribution >= 4 is 0 Å². The summed E-state index contributed by atoms with van der Waals surface area (Å²) in [5.74, 6) is 0. The van der Waals surface area contributed by atoms with Crippen LogP contribution in [0.5, 0.6) is 0 Å². The quantitative estimate of drug-likeness (QED) is 0.793. The number of aryl methyl sites for hydroxylation is 1. The third kappa shape index (κ3) is 2.58. The number of nitrogens with one attached hydrogen (secondary N) is 1. The minimum Gasteiger partial charge on any atom is -0.312 e. The van der Waals surface area contributed by atoms with Crippen LogP contribution in [-0.2, 0) is 13.1 Å². The first-order chi connectivity index (χ1) is 7.29. The molecule has 2 heterocycles. The molecule has 1 N–H and O–H groups in total. The first kappa shape index (κ1) is 10.6. The number of piperazine rings is 1. The topological polar surface area (TPSA) is 33.1 Å². The minimum absolute atomic E-state index is 0.608. The second-order valence-corrected chi connectivity index (χ2v) is 4.23. The van der Waals surface area contributed by atoms with E-state index >= 15 is 0 Å². The minimum atomic E-state index is 0.608. The summed E-state index contributed by atoms with van der Waals surface area (Å²) >= 11 is 0. The van der Waals surface area contributed by atoms with Gasteiger partial charge in [-0.1, -0.05) is 0 Å². The van der Waals surface area contributed by atoms with Gasteiger partial charge in [0.05, 0.1) is 5.69 Å². The van der Waals surface area contributed by atoms with E-state index in [1.165, 1.54) is 5.69 Å². The van der Waals surface area contributed by atoms with Crippen LogP contribution in [0, 0.1) is 0 Å². The fourth-order valence-corrected chi connectivity index (χ4v) is 2.16. The largest absolute Gasteiger partial charge is 0.312 e. The van der Waals surface area contributed by atoms with Crippen molar-refractivity contribution < 1.29 is 0 Å². The van der Waals surface area contributed by atoms with Crippen molar-refractivity contribution in [3.05, 3.63) is 18.0 Å². The molecule has 15 heavy (non-hydrogen) atoms. The van der Waals surface area contributed by atoms with Gasteiger partial charge in [-0.15, -0.1) is 0 Å². The Labute approximate surface area is 91.3 Å². The van der Waals surface area contributed by atoms with Crippen molar-refractivity contribution in [3.8, 4) is 0 Å². The molecule has 1 atom stereocenters. The highest BCUT2D eigenvalue weighted by Gasteiger charge is 2.16. The standard InChI is InChI=1S/C11H20N4/c1-3-15-11(4-5-13-15)9-14-7-6-12-10(2)8-14/h4-5,10,12H,3,6-9H2,1-2H3. The molecule has 4 nitrogen and oxygen atoms in total. The Morgan fingerprint density at radius 3 is 3.20 bits per heavy atom. The lowest BCUT2D eigenvalue weighted by Gasteiger charge is -2.31. The molecule has 1 aliphatic heterocycles. The zero-order chi connectivity index (χ0) is 10.7. The molecule has 84 valence electrons. The molecule has 0 saturated carbocycles. The fourth-order valence-electron chi connectivity index (χ4n) is 2.16. The Morgan fingerprint density at radius 2 is 2.47 bits per heavy atom. The third-order valence-electron chi connectivity index (χ3n) is 2.94. The van der Waals surface area contributed by atoms with Gasteiger partial charge < -0.3 is 5.32 Å². The zero-order valence-electron chi connectivity index (χ0n) is 9.61. The van der Waals surface area contributed by atoms with Gasteiger partial charge in [0.1, 0.15) is 0 Å². The molecule has 0 spiro atoms. The Hall–Kier alpha value is -0.870. The third-order valence-corrected chi connectivity index (χ3v) is 2.94. The summed E-state index contributed by atoms with van der Waals surface area (Å²) in [5, 5.41) is 7.75. The first-order valence-corrected chi connectivity index (χ1v) is 5.76. The van der Waals surface area contributed by atoms with E-state index in [0.717, 1.165) is 32.7 Å². The molecule has 1 fully saturated rings. The summed E-state index contributed by atoms with van der Waals surface area (Å²) in [6.45, 7) is 9.74. The van der Waals surface area contributed by atoms with E-state index < -0.39 is 0 Å². The smallest absolute Gasteiger partial charge is 0.0524 e. The molecule has 0 radical (unpaired) electrons. The van der Waals surface area contributed by atoms with Crippen LogP contribution in [0.25, 0.3) is 0 Å². The molecule has 1 aromatic heterocycles. The van der Waals surface area contributed by atoms with Crippen LogP contribution in [0.2, 0.25) is 0 Å². The van der Waals surface area contributed by atoms with Gasteiger partial charge in [0.15, 0.2) is 0 Å². The molecule has 2 rings (SSSR count). The molecule has 1 aromatic rings. The average Bonchev–Trinajstić information content (AvgIpc) is 2.65. The van der Waals surface area contributed by atoms with Gasteiger partial charge in [-0.3, -0.25) is 9.58 Å². The van der Waals surface area contributed by atoms with E-state index in [1.54, 1.807) is 0 Å². The van der Waals surface area contributed by atoms with E-state index in [1.807, 2.05) is 6.20 Å². The maximum absolute atomic E-state index is 4.29. The molecule has 0 aromatic carbocycles. The van der Waals surface area contributed by atoms with Crippen molar-refractivity contribution in [1.82, 2.24) is 20.0 Å². The molecule has 1 saturated heterocycles. The summed E-state index contributed by atoms with van der Waals surface area (Å²) in [6, 6.07) is 2.73. The van der Waals surface area contributed by atoms with Crippen LogP contribution in [0.15, 0.2) is 12.3 Å². The van der Waals surface area contributed by atoms with Crippen LogP contribution in [0.4, 0.5) is 0 Å². The van der Waals surface area contributed by atoms with Crippen molar-refractivity contribution in [2.24, 2.45) is 0 Å². The predicted molar refractivity (Wildman–Crippen MR) is 60.6 cm³/mol. The van der Waals surface area contributed by atoms with Crippen molar-refractivity contribution in [1.29, 1.82) is 0 Å². The van der Waals surface area contributed by atoms with Gasteiger partial charge in [-0.25, -0.2) is 0 Å². The van der Waals surface area contributed by atoms with Gasteiger partial charge in [0, 0.05) is 45.0 Å². The van der Waals surface area contributed by atoms with Crippen LogP contribution in [0.3, 0.4) is 0 Å². The summed E-state index contributed by atoms with van der Waals surface area (Å²) < 4.78 is 2.08. The van der Waals surface area contributed by atoms with E-state index in [9.17, 15) is 0 Å². The SMILES string of the molecule is CCn1nccc1CN1CCNC(C)C1. The highest BCUT2D eigenvalue weighted by molar-refractivity contribution is 5.00. The molecular formula is C11H20N4. The second-order valence-electron chi connectivity index (χ2n) is 4.23. The van der Waals surface area contributed by atoms with E-state index in [-0.39, 0.29) is 0 Å². The van der Waals surface area contributed by atoms with Gasteiger partial charge >= 0.3 is 0 Å². The van der Waals surface area contributed by atoms with Crippen molar-refractivity contribution in [2.75, 3.05) is 19.6 Å². The first-order valence-electron chi connectivity index (χ1n) is 5.76. The van der Waals surface area contributed by atoms with Crippen LogP contribution in [-0.4, -0.2) is 40.4 Å². The summed E-state index contributed by atoms with van der Waals surface area (Å²) in [7, 11) is 0. The number of hydrogen-bond donors (Lipinski definition) is 1. The van der Waals surface area contributed by atoms with E-state index in [4.69, 9.17) is 0 Å². The molecular weight excluding hydrogens is 188 g/mol. The predicted octanol–water partition coefficient (Wildman–Crippen LogP) is 0.697. The lowest BCUT2D eigenvalue weighted by atomic mass is 10.2. The molecule has 0 bridgehead atoms. The maximum Gasteiger partial charge on any atom is 0.0524 e. The van der Waals surface area contributed by atoms with Crippen LogP contribution >= 0.6 is 0 Å². The van der Waals surface area contributed by atoms with Gasteiger partial charge in [0.2, 0.25) is 0 Å². The van der Waals surface area contributed by atoms with Crippen LogP contribution in [0.1, 0.15) is 19.5 Å². The Morgan fingerprint density at radius 1 is 1.60 bits per heavy atom. The molecule has 0 amide bonds. The number of rotatable bonds is 3. The van der Waals surface area contributed by atoms with Crippen molar-refractivity contribution in [3.63, 3.8) is 0 Å². The summed E-state index contributed by atoms with van der Waals surface area (Å²) in [5.41, 5.74) is 1.33. The van der Waals surface area contributed by atoms with Gasteiger partial charge in [-0.2, -0.15) is 5.10 Å². The molecule has 0 aliphatic carbocycles. The average molecular weight is 208 g/mol. The lowest BCUT2D eigenvalue weighted by molar-refractivity contribution is 0.194. The number of nitrogens with zero attached hydrogens (tertiary/aromatic N) is 3. The summed E-state index contributed by atoms with van der Waals surface area (Å²) in [6.07, 6.45) is 1.89. The van der Waals surface area contributed by atoms with Crippen molar-refractivity contribution in [2.45, 2.75) is 33.0 Å². The van der Waals surface area contributed by atoms with E-state index in [2.05, 4.69) is 39.9 Å². The van der Waals surface area contributed by atoms with Crippen LogP contribution < -0.4 is 5.32 Å². The maximum atomic E-state index is 4.29. The fraction of sp³-hybridized carbons (Fsp3) is 0.727. The highest BCUT2D eigenvalue weighted by atomic mass is 15.3.